The molecule has 1 aliphatic heterocycles. The van der Waals surface area contributed by atoms with Crippen molar-refractivity contribution in [1.29, 1.82) is 0 Å². The van der Waals surface area contributed by atoms with Gasteiger partial charge in [0.05, 0.1) is 11.1 Å². The van der Waals surface area contributed by atoms with Gasteiger partial charge in [0.2, 0.25) is 11.5 Å². The lowest BCUT2D eigenvalue weighted by atomic mass is 10.1. The molecule has 0 aromatic carbocycles. The molecule has 1 aromatic rings. The molecule has 2 N–H and O–H groups in total. The topological polar surface area (TPSA) is 82.3 Å². The number of H-pyrrole nitrogens is 1. The second kappa shape index (κ2) is 5.82. The molecule has 1 aromatic heterocycles. The van der Waals surface area contributed by atoms with E-state index in [1.165, 1.54) is 4.90 Å². The SMILES string of the molecule is CCN1CCC(NC(=O)c2c[nH]c(=O)cc2C(F)(F)F)C1=O. The van der Waals surface area contributed by atoms with Gasteiger partial charge in [0.15, 0.2) is 0 Å². The average Bonchev–Trinajstić information content (AvgIpc) is 2.78. The summed E-state index contributed by atoms with van der Waals surface area (Å²) in [6.45, 7) is 2.68. The number of hydrogen-bond acceptors (Lipinski definition) is 3. The number of nitrogens with one attached hydrogen (secondary N) is 2. The largest absolute Gasteiger partial charge is 0.417 e. The number of likely N-dealkylation sites (N-methyl/N-ethyl adjacent to an activating group) is 1. The summed E-state index contributed by atoms with van der Waals surface area (Å²) in [6.07, 6.45) is -3.79. The molecule has 22 heavy (non-hydrogen) atoms. The molecule has 1 atom stereocenters. The van der Waals surface area contributed by atoms with E-state index in [-0.39, 0.29) is 5.91 Å². The highest BCUT2D eigenvalue weighted by atomic mass is 19.4. The van der Waals surface area contributed by atoms with Crippen molar-refractivity contribution in [3.63, 3.8) is 0 Å². The number of amides is 2. The Morgan fingerprint density at radius 2 is 2.14 bits per heavy atom. The second-order valence-corrected chi connectivity index (χ2v) is 4.86. The van der Waals surface area contributed by atoms with E-state index in [9.17, 15) is 27.6 Å². The van der Waals surface area contributed by atoms with Crippen molar-refractivity contribution < 1.29 is 22.8 Å². The minimum absolute atomic E-state index is 0.323. The van der Waals surface area contributed by atoms with Gasteiger partial charge in [0.1, 0.15) is 6.04 Å². The Morgan fingerprint density at radius 1 is 1.45 bits per heavy atom. The molecule has 1 unspecified atom stereocenters. The van der Waals surface area contributed by atoms with E-state index in [4.69, 9.17) is 0 Å². The number of rotatable bonds is 3. The van der Waals surface area contributed by atoms with Crippen molar-refractivity contribution in [2.75, 3.05) is 13.1 Å². The lowest BCUT2D eigenvalue weighted by molar-refractivity contribution is -0.138. The lowest BCUT2D eigenvalue weighted by Gasteiger charge is -2.16. The van der Waals surface area contributed by atoms with Gasteiger partial charge in [-0.25, -0.2) is 0 Å². The Labute approximate surface area is 123 Å². The first kappa shape index (κ1) is 16.1. The van der Waals surface area contributed by atoms with Crippen LogP contribution in [0.15, 0.2) is 17.1 Å². The molecule has 9 heteroatoms. The summed E-state index contributed by atoms with van der Waals surface area (Å²) in [6, 6.07) is -0.524. The third kappa shape index (κ3) is 3.12. The summed E-state index contributed by atoms with van der Waals surface area (Å²) in [7, 11) is 0. The Balaban J connectivity index is 2.24. The number of carbonyl (C=O) groups excluding carboxylic acids is 2. The maximum Gasteiger partial charge on any atom is 0.417 e. The third-order valence-corrected chi connectivity index (χ3v) is 3.46. The Morgan fingerprint density at radius 3 is 2.68 bits per heavy atom. The number of halogens is 3. The first-order chi connectivity index (χ1) is 10.2. The predicted molar refractivity (Wildman–Crippen MR) is 70.2 cm³/mol. The lowest BCUT2D eigenvalue weighted by Crippen LogP contribution is -2.42. The first-order valence-corrected chi connectivity index (χ1v) is 6.63. The maximum absolute atomic E-state index is 12.9. The van der Waals surface area contributed by atoms with Crippen LogP contribution in [0.1, 0.15) is 29.3 Å². The molecule has 2 heterocycles. The minimum atomic E-state index is -4.84. The normalized spacial score (nSPS) is 18.6. The minimum Gasteiger partial charge on any atom is -0.341 e. The molecule has 0 bridgehead atoms. The zero-order valence-corrected chi connectivity index (χ0v) is 11.7. The number of nitrogens with zero attached hydrogens (tertiary/aromatic N) is 1. The predicted octanol–water partition coefficient (Wildman–Crippen LogP) is 0.744. The summed E-state index contributed by atoms with van der Waals surface area (Å²) in [5, 5.41) is 2.29. The van der Waals surface area contributed by atoms with Crippen LogP contribution in [-0.2, 0) is 11.0 Å². The Bertz CT molecular complexity index is 654. The van der Waals surface area contributed by atoms with Crippen LogP contribution in [-0.4, -0.2) is 40.8 Å². The van der Waals surface area contributed by atoms with E-state index in [0.29, 0.717) is 31.8 Å². The number of hydrogen-bond donors (Lipinski definition) is 2. The van der Waals surface area contributed by atoms with Crippen LogP contribution >= 0.6 is 0 Å². The number of carbonyl (C=O) groups is 2. The van der Waals surface area contributed by atoms with E-state index in [1.54, 1.807) is 6.92 Å². The van der Waals surface area contributed by atoms with Crippen LogP contribution in [0.4, 0.5) is 13.2 Å². The summed E-state index contributed by atoms with van der Waals surface area (Å²) in [5.74, 6) is -1.37. The standard InChI is InChI=1S/C13H14F3N3O3/c1-2-19-4-3-9(12(19)22)18-11(21)7-6-17-10(20)5-8(7)13(14,15)16/h5-6,9H,2-4H2,1H3,(H,17,20)(H,18,21). The molecule has 120 valence electrons. The average molecular weight is 317 g/mol. The highest BCUT2D eigenvalue weighted by Crippen LogP contribution is 2.30. The molecule has 0 saturated carbocycles. The van der Waals surface area contributed by atoms with Crippen molar-refractivity contribution in [2.45, 2.75) is 25.6 Å². The Kier molecular flexibility index (Phi) is 4.25. The van der Waals surface area contributed by atoms with Crippen LogP contribution in [0.25, 0.3) is 0 Å². The van der Waals surface area contributed by atoms with Crippen molar-refractivity contribution >= 4 is 11.8 Å². The molecular formula is C13H14F3N3O3. The molecule has 0 aliphatic carbocycles. The summed E-state index contributed by atoms with van der Waals surface area (Å²) in [5.41, 5.74) is -3.00. The fourth-order valence-corrected chi connectivity index (χ4v) is 2.32. The van der Waals surface area contributed by atoms with Gasteiger partial charge in [0, 0.05) is 25.4 Å². The Hall–Kier alpha value is -2.32. The van der Waals surface area contributed by atoms with Crippen LogP contribution in [0.3, 0.4) is 0 Å². The van der Waals surface area contributed by atoms with Crippen molar-refractivity contribution in [1.82, 2.24) is 15.2 Å². The summed E-state index contributed by atoms with van der Waals surface area (Å²) >= 11 is 0. The van der Waals surface area contributed by atoms with Crippen LogP contribution < -0.4 is 10.9 Å². The zero-order chi connectivity index (χ0) is 16.5. The fraction of sp³-hybridized carbons (Fsp3) is 0.462. The molecule has 6 nitrogen and oxygen atoms in total. The van der Waals surface area contributed by atoms with Gasteiger partial charge in [-0.05, 0) is 13.3 Å². The highest BCUT2D eigenvalue weighted by molar-refractivity contribution is 5.99. The van der Waals surface area contributed by atoms with Gasteiger partial charge >= 0.3 is 6.18 Å². The number of alkyl halides is 3. The monoisotopic (exact) mass is 317 g/mol. The van der Waals surface area contributed by atoms with Crippen LogP contribution in [0.5, 0.6) is 0 Å². The molecule has 1 saturated heterocycles. The van der Waals surface area contributed by atoms with E-state index in [1.807, 2.05) is 4.98 Å². The number of pyridine rings is 1. The van der Waals surface area contributed by atoms with Gasteiger partial charge < -0.3 is 15.2 Å². The molecular weight excluding hydrogens is 303 g/mol. The van der Waals surface area contributed by atoms with Gasteiger partial charge in [-0.3, -0.25) is 14.4 Å². The molecule has 1 aliphatic rings. The fourth-order valence-electron chi connectivity index (χ4n) is 2.32. The molecule has 0 spiro atoms. The first-order valence-electron chi connectivity index (χ1n) is 6.63. The summed E-state index contributed by atoms with van der Waals surface area (Å²) < 4.78 is 38.7. The molecule has 2 amide bonds. The number of aromatic amines is 1. The van der Waals surface area contributed by atoms with Gasteiger partial charge in [-0.15, -0.1) is 0 Å². The number of aromatic nitrogens is 1. The van der Waals surface area contributed by atoms with E-state index >= 15 is 0 Å². The van der Waals surface area contributed by atoms with Crippen LogP contribution in [0, 0.1) is 0 Å². The van der Waals surface area contributed by atoms with Crippen molar-refractivity contribution in [2.24, 2.45) is 0 Å². The van der Waals surface area contributed by atoms with Gasteiger partial charge in [-0.1, -0.05) is 0 Å². The van der Waals surface area contributed by atoms with E-state index in [2.05, 4.69) is 5.32 Å². The quantitative estimate of drug-likeness (QED) is 0.863. The second-order valence-electron chi connectivity index (χ2n) is 4.86. The van der Waals surface area contributed by atoms with Crippen molar-refractivity contribution in [3.8, 4) is 0 Å². The number of likely N-dealkylation sites (tertiary alicyclic amines) is 1. The van der Waals surface area contributed by atoms with Crippen molar-refractivity contribution in [3.05, 3.63) is 33.7 Å². The molecule has 1 fully saturated rings. The highest BCUT2D eigenvalue weighted by Gasteiger charge is 2.37. The molecule has 0 radical (unpaired) electrons. The van der Waals surface area contributed by atoms with E-state index < -0.39 is 34.8 Å². The smallest absolute Gasteiger partial charge is 0.341 e. The third-order valence-electron chi connectivity index (χ3n) is 3.46. The zero-order valence-electron chi connectivity index (χ0n) is 11.7. The summed E-state index contributed by atoms with van der Waals surface area (Å²) in [4.78, 5) is 38.5. The van der Waals surface area contributed by atoms with Gasteiger partial charge in [-0.2, -0.15) is 13.2 Å². The molecule has 2 rings (SSSR count). The van der Waals surface area contributed by atoms with Crippen LogP contribution in [0.2, 0.25) is 0 Å². The van der Waals surface area contributed by atoms with E-state index in [0.717, 1.165) is 0 Å². The maximum atomic E-state index is 12.9. The van der Waals surface area contributed by atoms with Gasteiger partial charge in [0.25, 0.3) is 5.91 Å².